The Bertz CT molecular complexity index is 726. The first-order valence-electron chi connectivity index (χ1n) is 7.92. The zero-order chi connectivity index (χ0) is 17.2. The van der Waals surface area contributed by atoms with E-state index in [0.29, 0.717) is 4.88 Å². The van der Waals surface area contributed by atoms with Crippen LogP contribution in [0.1, 0.15) is 42.3 Å². The molecule has 24 heavy (non-hydrogen) atoms. The number of esters is 1. The van der Waals surface area contributed by atoms with Gasteiger partial charge in [-0.2, -0.15) is 11.3 Å². The van der Waals surface area contributed by atoms with E-state index >= 15 is 0 Å². The number of aromatic nitrogens is 1. The Morgan fingerprint density at radius 2 is 2.25 bits per heavy atom. The largest absolute Gasteiger partial charge is 0.469 e. The lowest BCUT2D eigenvalue weighted by molar-refractivity contribution is -0.149. The van der Waals surface area contributed by atoms with Crippen LogP contribution in [0.4, 0.5) is 0 Å². The normalized spacial score (nSPS) is 23.7. The molecule has 5 nitrogen and oxygen atoms in total. The highest BCUT2D eigenvalue weighted by atomic mass is 32.1. The number of methoxy groups -OCH3 is 1. The van der Waals surface area contributed by atoms with Gasteiger partial charge in [-0.1, -0.05) is 12.8 Å². The van der Waals surface area contributed by atoms with Crippen molar-refractivity contribution in [3.63, 3.8) is 0 Å². The number of carbonyl (C=O) groups is 2. The Morgan fingerprint density at radius 3 is 2.96 bits per heavy atom. The van der Waals surface area contributed by atoms with E-state index in [9.17, 15) is 9.59 Å². The van der Waals surface area contributed by atoms with Crippen molar-refractivity contribution in [1.82, 2.24) is 10.3 Å². The van der Waals surface area contributed by atoms with Crippen molar-refractivity contribution in [2.75, 3.05) is 7.11 Å². The third kappa shape index (κ3) is 3.37. The fourth-order valence-corrected chi connectivity index (χ4v) is 4.75. The summed E-state index contributed by atoms with van der Waals surface area (Å²) < 4.78 is 4.93. The first kappa shape index (κ1) is 17.1. The molecule has 0 spiro atoms. The molecule has 0 saturated heterocycles. The number of amides is 1. The molecule has 0 unspecified atom stereocenters. The fraction of sp³-hybridized carbons (Fsp3) is 0.471. The molecule has 2 aromatic rings. The Kier molecular flexibility index (Phi) is 5.01. The topological polar surface area (TPSA) is 68.3 Å². The van der Waals surface area contributed by atoms with Gasteiger partial charge in [0.25, 0.3) is 5.91 Å². The smallest absolute Gasteiger partial charge is 0.311 e. The minimum atomic E-state index is -0.574. The Labute approximate surface area is 149 Å². The summed E-state index contributed by atoms with van der Waals surface area (Å²) >= 11 is 2.97. The maximum Gasteiger partial charge on any atom is 0.311 e. The highest BCUT2D eigenvalue weighted by Crippen LogP contribution is 2.35. The number of thiophene rings is 1. The van der Waals surface area contributed by atoms with Crippen LogP contribution in [0, 0.1) is 5.92 Å². The van der Waals surface area contributed by atoms with Crippen LogP contribution in [0.15, 0.2) is 23.0 Å². The summed E-state index contributed by atoms with van der Waals surface area (Å²) in [6.45, 7) is 1.94. The van der Waals surface area contributed by atoms with Crippen molar-refractivity contribution in [3.05, 3.63) is 27.9 Å². The molecule has 0 bridgehead atoms. The minimum Gasteiger partial charge on any atom is -0.469 e. The van der Waals surface area contributed by atoms with Gasteiger partial charge in [0.2, 0.25) is 0 Å². The second kappa shape index (κ2) is 7.03. The van der Waals surface area contributed by atoms with E-state index in [1.807, 2.05) is 23.8 Å². The maximum atomic E-state index is 12.7. The van der Waals surface area contributed by atoms with E-state index in [4.69, 9.17) is 4.74 Å². The monoisotopic (exact) mass is 364 g/mol. The van der Waals surface area contributed by atoms with Crippen LogP contribution in [0.3, 0.4) is 0 Å². The molecule has 128 valence electrons. The van der Waals surface area contributed by atoms with Crippen molar-refractivity contribution >= 4 is 34.6 Å². The number of hydrogen-bond acceptors (Lipinski definition) is 6. The fourth-order valence-electron chi connectivity index (χ4n) is 3.22. The highest BCUT2D eigenvalue weighted by Gasteiger charge is 2.43. The van der Waals surface area contributed by atoms with Crippen molar-refractivity contribution in [2.24, 2.45) is 5.92 Å². The highest BCUT2D eigenvalue weighted by molar-refractivity contribution is 7.17. The number of ether oxygens (including phenoxy) is 1. The molecule has 7 heteroatoms. The molecule has 1 amide bonds. The van der Waals surface area contributed by atoms with Crippen molar-refractivity contribution < 1.29 is 14.3 Å². The van der Waals surface area contributed by atoms with Gasteiger partial charge >= 0.3 is 5.97 Å². The number of rotatable bonds is 4. The molecule has 0 aromatic carbocycles. The quantitative estimate of drug-likeness (QED) is 0.840. The second-order valence-corrected chi connectivity index (χ2v) is 8.05. The number of nitrogens with zero attached hydrogens (tertiary/aromatic N) is 1. The lowest BCUT2D eigenvalue weighted by Gasteiger charge is -2.40. The van der Waals surface area contributed by atoms with Crippen LogP contribution in [0.5, 0.6) is 0 Å². The van der Waals surface area contributed by atoms with Gasteiger partial charge in [-0.25, -0.2) is 4.98 Å². The molecule has 2 atom stereocenters. The van der Waals surface area contributed by atoms with E-state index in [1.165, 1.54) is 18.4 Å². The molecule has 2 aromatic heterocycles. The van der Waals surface area contributed by atoms with Gasteiger partial charge < -0.3 is 10.1 Å². The summed E-state index contributed by atoms with van der Waals surface area (Å²) in [6.07, 6.45) is 5.09. The van der Waals surface area contributed by atoms with Crippen LogP contribution < -0.4 is 5.32 Å². The van der Waals surface area contributed by atoms with Gasteiger partial charge in [-0.05, 0) is 31.2 Å². The summed E-state index contributed by atoms with van der Waals surface area (Å²) in [6, 6.07) is 1.99. The summed E-state index contributed by atoms with van der Waals surface area (Å²) in [7, 11) is 1.40. The molecule has 1 aliphatic carbocycles. The maximum absolute atomic E-state index is 12.7. The number of nitrogens with one attached hydrogen (secondary N) is 1. The Hall–Kier alpha value is -1.73. The zero-order valence-corrected chi connectivity index (χ0v) is 15.3. The predicted octanol–water partition coefficient (Wildman–Crippen LogP) is 3.72. The van der Waals surface area contributed by atoms with Gasteiger partial charge in [-0.15, -0.1) is 11.3 Å². The average molecular weight is 364 g/mol. The summed E-state index contributed by atoms with van der Waals surface area (Å²) in [4.78, 5) is 29.6. The van der Waals surface area contributed by atoms with Crippen LogP contribution in [0.25, 0.3) is 10.6 Å². The SMILES string of the molecule is COC(=O)[C@H]1CCCC[C@@]1(C)NC(=O)c1cnc(-c2ccsc2)s1. The molecule has 1 N–H and O–H groups in total. The molecular formula is C17H20N2O3S2. The molecule has 2 heterocycles. The van der Waals surface area contributed by atoms with E-state index in [0.717, 1.165) is 36.3 Å². The molecule has 1 aliphatic rings. The zero-order valence-electron chi connectivity index (χ0n) is 13.7. The molecule has 1 fully saturated rings. The van der Waals surface area contributed by atoms with Gasteiger partial charge in [0.15, 0.2) is 0 Å². The summed E-state index contributed by atoms with van der Waals surface area (Å²) in [5, 5.41) is 7.90. The van der Waals surface area contributed by atoms with Gasteiger partial charge in [0.05, 0.1) is 24.8 Å². The lowest BCUT2D eigenvalue weighted by Crippen LogP contribution is -2.55. The number of carbonyl (C=O) groups excluding carboxylic acids is 2. The van der Waals surface area contributed by atoms with Crippen LogP contribution >= 0.6 is 22.7 Å². The summed E-state index contributed by atoms with van der Waals surface area (Å²) in [5.41, 5.74) is 0.454. The summed E-state index contributed by atoms with van der Waals surface area (Å²) in [5.74, 6) is -0.725. The van der Waals surface area contributed by atoms with E-state index in [2.05, 4.69) is 10.3 Å². The number of hydrogen-bond donors (Lipinski definition) is 1. The van der Waals surface area contributed by atoms with E-state index < -0.39 is 5.54 Å². The molecule has 1 saturated carbocycles. The first-order valence-corrected chi connectivity index (χ1v) is 9.68. The van der Waals surface area contributed by atoms with E-state index in [1.54, 1.807) is 17.5 Å². The Balaban J connectivity index is 1.76. The third-order valence-corrected chi connectivity index (χ3v) is 6.32. The lowest BCUT2D eigenvalue weighted by atomic mass is 9.74. The van der Waals surface area contributed by atoms with Crippen molar-refractivity contribution in [2.45, 2.75) is 38.1 Å². The van der Waals surface area contributed by atoms with Crippen LogP contribution in [0.2, 0.25) is 0 Å². The van der Waals surface area contributed by atoms with E-state index in [-0.39, 0.29) is 17.8 Å². The molecule has 0 radical (unpaired) electrons. The average Bonchev–Trinajstić information content (AvgIpc) is 3.25. The minimum absolute atomic E-state index is 0.174. The molecular weight excluding hydrogens is 344 g/mol. The van der Waals surface area contributed by atoms with Gasteiger partial charge in [-0.3, -0.25) is 9.59 Å². The molecule has 0 aliphatic heterocycles. The van der Waals surface area contributed by atoms with Crippen molar-refractivity contribution in [3.8, 4) is 10.6 Å². The second-order valence-electron chi connectivity index (χ2n) is 6.23. The predicted molar refractivity (Wildman–Crippen MR) is 95.3 cm³/mol. The Morgan fingerprint density at radius 1 is 1.42 bits per heavy atom. The number of thiazole rings is 1. The molecule has 3 rings (SSSR count). The first-order chi connectivity index (χ1) is 11.5. The van der Waals surface area contributed by atoms with Crippen molar-refractivity contribution in [1.29, 1.82) is 0 Å². The van der Waals surface area contributed by atoms with Crippen LogP contribution in [-0.4, -0.2) is 29.5 Å². The van der Waals surface area contributed by atoms with Gasteiger partial charge in [0, 0.05) is 10.9 Å². The van der Waals surface area contributed by atoms with Crippen LogP contribution in [-0.2, 0) is 9.53 Å². The third-order valence-electron chi connectivity index (χ3n) is 4.59. The standard InChI is InChI=1S/C17H20N2O3S2/c1-17(7-4-3-5-12(17)16(21)22-2)19-14(20)13-9-18-15(24-13)11-6-8-23-10-11/h6,8-10,12H,3-5,7H2,1-2H3,(H,19,20)/t12-,17-/m1/s1. The van der Waals surface area contributed by atoms with Gasteiger partial charge in [0.1, 0.15) is 9.88 Å².